The molecule has 1 heterocycles. The van der Waals surface area contributed by atoms with Gasteiger partial charge < -0.3 is 0 Å². The van der Waals surface area contributed by atoms with Crippen LogP contribution in [0, 0.1) is 0 Å². The molecule has 1 aliphatic heterocycles. The zero-order chi connectivity index (χ0) is 18.0. The summed E-state index contributed by atoms with van der Waals surface area (Å²) in [7, 11) is 0. The molecular weight excluding hydrogens is 383 g/mol. The number of nitrogens with zero attached hydrogens (tertiary/aromatic N) is 1. The van der Waals surface area contributed by atoms with Crippen molar-refractivity contribution in [2.75, 3.05) is 0 Å². The van der Waals surface area contributed by atoms with Gasteiger partial charge in [0.1, 0.15) is 0 Å². The maximum absolute atomic E-state index is 12.4. The highest BCUT2D eigenvalue weighted by molar-refractivity contribution is 8.18. The first-order valence-electron chi connectivity index (χ1n) is 7.05. The Kier molecular flexibility index (Phi) is 5.13. The van der Waals surface area contributed by atoms with E-state index in [1.165, 1.54) is 12.1 Å². The third-order valence-corrected chi connectivity index (χ3v) is 4.72. The molecule has 1 saturated heterocycles. The minimum atomic E-state index is -0.620. The van der Waals surface area contributed by atoms with Crippen molar-refractivity contribution in [1.82, 2.24) is 10.4 Å². The molecule has 2 aromatic rings. The van der Waals surface area contributed by atoms with Gasteiger partial charge in [-0.1, -0.05) is 47.5 Å². The van der Waals surface area contributed by atoms with E-state index in [-0.39, 0.29) is 4.91 Å². The molecule has 3 rings (SSSR count). The molecule has 2 aromatic carbocycles. The number of thioether (sulfide) groups is 1. The van der Waals surface area contributed by atoms with Crippen LogP contribution in [0.25, 0.3) is 6.08 Å². The summed E-state index contributed by atoms with van der Waals surface area (Å²) in [5, 5.41) is 0.916. The molecule has 3 amide bonds. The number of hydrogen-bond donors (Lipinski definition) is 1. The lowest BCUT2D eigenvalue weighted by atomic mass is 10.2. The number of nitrogens with one attached hydrogen (secondary N) is 1. The van der Waals surface area contributed by atoms with Gasteiger partial charge in [-0.2, -0.15) is 5.01 Å². The molecular formula is C17H10Cl2N2O3S. The van der Waals surface area contributed by atoms with Crippen molar-refractivity contribution < 1.29 is 14.4 Å². The summed E-state index contributed by atoms with van der Waals surface area (Å²) in [6.07, 6.45) is 1.48. The van der Waals surface area contributed by atoms with Gasteiger partial charge in [-0.15, -0.1) is 0 Å². The van der Waals surface area contributed by atoms with E-state index in [2.05, 4.69) is 5.43 Å². The van der Waals surface area contributed by atoms with Gasteiger partial charge in [0.2, 0.25) is 0 Å². The van der Waals surface area contributed by atoms with Crippen LogP contribution in [0.5, 0.6) is 0 Å². The van der Waals surface area contributed by atoms with E-state index in [1.807, 2.05) is 0 Å². The normalized spacial score (nSPS) is 15.8. The van der Waals surface area contributed by atoms with Gasteiger partial charge in [0, 0.05) is 15.6 Å². The van der Waals surface area contributed by atoms with Gasteiger partial charge in [0.15, 0.2) is 0 Å². The van der Waals surface area contributed by atoms with Crippen LogP contribution in [0.15, 0.2) is 53.4 Å². The van der Waals surface area contributed by atoms with Crippen molar-refractivity contribution in [3.05, 3.63) is 74.6 Å². The number of carbonyl (C=O) groups is 3. The lowest BCUT2D eigenvalue weighted by Gasteiger charge is -2.13. The Balaban J connectivity index is 1.80. The maximum Gasteiger partial charge on any atom is 0.312 e. The van der Waals surface area contributed by atoms with E-state index in [4.69, 9.17) is 23.2 Å². The molecule has 8 heteroatoms. The summed E-state index contributed by atoms with van der Waals surface area (Å²) >= 11 is 12.6. The third-order valence-electron chi connectivity index (χ3n) is 3.29. The minimum absolute atomic E-state index is 0.155. The summed E-state index contributed by atoms with van der Waals surface area (Å²) in [6, 6.07) is 13.1. The lowest BCUT2D eigenvalue weighted by Crippen LogP contribution is -2.44. The summed E-state index contributed by atoms with van der Waals surface area (Å²) < 4.78 is 0. The molecule has 1 fully saturated rings. The van der Waals surface area contributed by atoms with Gasteiger partial charge in [0.25, 0.3) is 11.8 Å². The second-order valence-electron chi connectivity index (χ2n) is 4.99. The Labute approximate surface area is 157 Å². The molecule has 126 valence electrons. The van der Waals surface area contributed by atoms with E-state index >= 15 is 0 Å². The fourth-order valence-corrected chi connectivity index (χ4v) is 3.32. The topological polar surface area (TPSA) is 66.5 Å². The molecule has 0 atom stereocenters. The van der Waals surface area contributed by atoms with Crippen LogP contribution in [0.3, 0.4) is 0 Å². The number of carbonyl (C=O) groups excluding carboxylic acids is 3. The monoisotopic (exact) mass is 392 g/mol. The van der Waals surface area contributed by atoms with E-state index in [0.29, 0.717) is 26.2 Å². The molecule has 5 nitrogen and oxygen atoms in total. The zero-order valence-corrected chi connectivity index (χ0v) is 14.9. The summed E-state index contributed by atoms with van der Waals surface area (Å²) in [4.78, 5) is 36.7. The second-order valence-corrected chi connectivity index (χ2v) is 6.83. The Morgan fingerprint density at radius 2 is 1.80 bits per heavy atom. The van der Waals surface area contributed by atoms with Gasteiger partial charge >= 0.3 is 5.24 Å². The van der Waals surface area contributed by atoms with Crippen molar-refractivity contribution in [2.45, 2.75) is 0 Å². The van der Waals surface area contributed by atoms with E-state index in [0.717, 1.165) is 11.8 Å². The highest BCUT2D eigenvalue weighted by Crippen LogP contribution is 2.33. The van der Waals surface area contributed by atoms with Crippen LogP contribution in [0.2, 0.25) is 10.0 Å². The summed E-state index contributed by atoms with van der Waals surface area (Å²) in [5.41, 5.74) is 3.20. The minimum Gasteiger partial charge on any atom is -0.267 e. The first kappa shape index (κ1) is 17.5. The van der Waals surface area contributed by atoms with Gasteiger partial charge in [0.05, 0.1) is 4.91 Å². The molecule has 1 N–H and O–H groups in total. The first-order valence-corrected chi connectivity index (χ1v) is 8.62. The molecule has 0 aromatic heterocycles. The Bertz CT molecular complexity index is 900. The average molecular weight is 393 g/mol. The predicted octanol–water partition coefficient (Wildman–Crippen LogP) is 4.37. The Morgan fingerprint density at radius 3 is 2.48 bits per heavy atom. The summed E-state index contributed by atoms with van der Waals surface area (Å²) in [5.74, 6) is -1.17. The smallest absolute Gasteiger partial charge is 0.267 e. The highest BCUT2D eigenvalue weighted by atomic mass is 35.5. The molecule has 0 bridgehead atoms. The van der Waals surface area contributed by atoms with Crippen molar-refractivity contribution in [1.29, 1.82) is 0 Å². The van der Waals surface area contributed by atoms with Crippen LogP contribution >= 0.6 is 35.0 Å². The summed E-state index contributed by atoms with van der Waals surface area (Å²) in [6.45, 7) is 0. The SMILES string of the molecule is O=C(NN1C(=O)SC(=Cc2ccc(Cl)cc2Cl)C1=O)c1ccccc1. The molecule has 1 aliphatic rings. The highest BCUT2D eigenvalue weighted by Gasteiger charge is 2.36. The molecule has 0 radical (unpaired) electrons. The first-order chi connectivity index (χ1) is 12.0. The number of hydrazine groups is 1. The fourth-order valence-electron chi connectivity index (χ4n) is 2.08. The molecule has 0 spiro atoms. The van der Waals surface area contributed by atoms with Gasteiger partial charge in [-0.3, -0.25) is 19.8 Å². The number of amides is 3. The van der Waals surface area contributed by atoms with Crippen LogP contribution < -0.4 is 5.43 Å². The van der Waals surface area contributed by atoms with Crippen LogP contribution in [0.4, 0.5) is 4.79 Å². The van der Waals surface area contributed by atoms with E-state index in [9.17, 15) is 14.4 Å². The van der Waals surface area contributed by atoms with E-state index in [1.54, 1.807) is 42.5 Å². The Morgan fingerprint density at radius 1 is 1.08 bits per heavy atom. The third kappa shape index (κ3) is 3.87. The number of rotatable bonds is 3. The number of imide groups is 1. The lowest BCUT2D eigenvalue weighted by molar-refractivity contribution is -0.124. The molecule has 0 unspecified atom stereocenters. The molecule has 25 heavy (non-hydrogen) atoms. The maximum atomic E-state index is 12.4. The fraction of sp³-hybridized carbons (Fsp3) is 0. The van der Waals surface area contributed by atoms with Crippen molar-refractivity contribution >= 4 is 58.1 Å². The van der Waals surface area contributed by atoms with Gasteiger partial charge in [-0.25, -0.2) is 0 Å². The molecule has 0 aliphatic carbocycles. The quantitative estimate of drug-likeness (QED) is 0.787. The molecule has 0 saturated carbocycles. The Hall–Kier alpha value is -2.28. The average Bonchev–Trinajstić information content (AvgIpc) is 2.85. The second kappa shape index (κ2) is 7.31. The standard InChI is InChI=1S/C17H10Cl2N2O3S/c18-12-7-6-11(13(19)9-12)8-14-16(23)21(17(24)25-14)20-15(22)10-4-2-1-3-5-10/h1-9H,(H,20,22). The number of benzene rings is 2. The largest absolute Gasteiger partial charge is 0.312 e. The zero-order valence-electron chi connectivity index (χ0n) is 12.5. The van der Waals surface area contributed by atoms with E-state index < -0.39 is 17.1 Å². The van der Waals surface area contributed by atoms with Crippen molar-refractivity contribution in [2.24, 2.45) is 0 Å². The van der Waals surface area contributed by atoms with Crippen molar-refractivity contribution in [3.63, 3.8) is 0 Å². The van der Waals surface area contributed by atoms with Crippen molar-refractivity contribution in [3.8, 4) is 0 Å². The van der Waals surface area contributed by atoms with Crippen LogP contribution in [0.1, 0.15) is 15.9 Å². The van der Waals surface area contributed by atoms with Gasteiger partial charge in [-0.05, 0) is 47.7 Å². The number of halogens is 2. The number of hydrogen-bond acceptors (Lipinski definition) is 4. The predicted molar refractivity (Wildman–Crippen MR) is 98.2 cm³/mol. The van der Waals surface area contributed by atoms with Crippen LogP contribution in [-0.2, 0) is 4.79 Å². The van der Waals surface area contributed by atoms with Crippen LogP contribution in [-0.4, -0.2) is 22.1 Å².